The van der Waals surface area contributed by atoms with E-state index in [1.807, 2.05) is 0 Å². The van der Waals surface area contributed by atoms with Gasteiger partial charge in [-0.15, -0.1) is 0 Å². The maximum Gasteiger partial charge on any atom is 0.306 e. The number of hydrogen-bond donors (Lipinski definition) is 3. The molecule has 0 aromatic heterocycles. The van der Waals surface area contributed by atoms with E-state index >= 15 is 0 Å². The molecule has 0 radical (unpaired) electrons. The number of aliphatic carboxylic acids is 1. The van der Waals surface area contributed by atoms with Crippen molar-refractivity contribution >= 4 is 17.5 Å². The molecule has 0 unspecified atom stereocenters. The van der Waals surface area contributed by atoms with E-state index in [9.17, 15) is 9.18 Å². The molecular formula is C14H18FN3O2. The Balaban J connectivity index is 2.15. The quantitative estimate of drug-likeness (QED) is 0.584. The lowest BCUT2D eigenvalue weighted by atomic mass is 9.96. The molecule has 2 rings (SSSR count). The van der Waals surface area contributed by atoms with Gasteiger partial charge >= 0.3 is 5.97 Å². The molecule has 5 nitrogen and oxygen atoms in total. The van der Waals surface area contributed by atoms with Gasteiger partial charge in [-0.05, 0) is 25.0 Å². The normalized spacial score (nSPS) is 16.0. The Kier molecular flexibility index (Phi) is 4.22. The van der Waals surface area contributed by atoms with Crippen molar-refractivity contribution in [2.45, 2.75) is 12.8 Å². The third-order valence-electron chi connectivity index (χ3n) is 3.68. The minimum Gasteiger partial charge on any atom is -0.481 e. The maximum absolute atomic E-state index is 13.9. The molecule has 0 amide bonds. The molecule has 1 heterocycles. The van der Waals surface area contributed by atoms with Crippen molar-refractivity contribution in [2.24, 2.45) is 5.92 Å². The molecule has 1 aromatic rings. The van der Waals surface area contributed by atoms with Gasteiger partial charge in [0.25, 0.3) is 0 Å². The minimum absolute atomic E-state index is 0.108. The SMILES string of the molecule is CNc1cccc(F)c1C(=N)N1CCC(C(=O)O)CC1. The van der Waals surface area contributed by atoms with Gasteiger partial charge in [0.05, 0.1) is 11.5 Å². The largest absolute Gasteiger partial charge is 0.481 e. The van der Waals surface area contributed by atoms with E-state index in [0.29, 0.717) is 31.6 Å². The summed E-state index contributed by atoms with van der Waals surface area (Å²) in [5.74, 6) is -1.49. The highest BCUT2D eigenvalue weighted by Crippen LogP contribution is 2.24. The van der Waals surface area contributed by atoms with E-state index in [1.54, 1.807) is 24.1 Å². The molecule has 1 aromatic carbocycles. The number of hydrogen-bond acceptors (Lipinski definition) is 3. The van der Waals surface area contributed by atoms with Crippen LogP contribution in [0.15, 0.2) is 18.2 Å². The average Bonchev–Trinajstić information content (AvgIpc) is 2.46. The summed E-state index contributed by atoms with van der Waals surface area (Å²) in [6.07, 6.45) is 0.974. The Morgan fingerprint density at radius 2 is 2.10 bits per heavy atom. The number of rotatable bonds is 3. The lowest BCUT2D eigenvalue weighted by Gasteiger charge is -2.32. The molecule has 6 heteroatoms. The summed E-state index contributed by atoms with van der Waals surface area (Å²) in [6, 6.07) is 4.64. The van der Waals surface area contributed by atoms with Crippen LogP contribution in [-0.2, 0) is 4.79 Å². The first-order valence-corrected chi connectivity index (χ1v) is 6.57. The summed E-state index contributed by atoms with van der Waals surface area (Å²) in [5, 5.41) is 20.0. The van der Waals surface area contributed by atoms with Crippen molar-refractivity contribution in [2.75, 3.05) is 25.5 Å². The van der Waals surface area contributed by atoms with Crippen molar-refractivity contribution in [3.63, 3.8) is 0 Å². The molecule has 108 valence electrons. The first kappa shape index (κ1) is 14.3. The van der Waals surface area contributed by atoms with Crippen LogP contribution in [0.3, 0.4) is 0 Å². The second-order valence-electron chi connectivity index (χ2n) is 4.86. The van der Waals surface area contributed by atoms with Crippen LogP contribution in [0.4, 0.5) is 10.1 Å². The summed E-state index contributed by atoms with van der Waals surface area (Å²) >= 11 is 0. The zero-order valence-corrected chi connectivity index (χ0v) is 11.3. The van der Waals surface area contributed by atoms with Crippen LogP contribution in [0, 0.1) is 17.1 Å². The summed E-state index contributed by atoms with van der Waals surface area (Å²) < 4.78 is 13.9. The van der Waals surface area contributed by atoms with Gasteiger partial charge in [0.15, 0.2) is 0 Å². The lowest BCUT2D eigenvalue weighted by molar-refractivity contribution is -0.143. The van der Waals surface area contributed by atoms with E-state index in [-0.39, 0.29) is 17.3 Å². The zero-order chi connectivity index (χ0) is 14.7. The topological polar surface area (TPSA) is 76.4 Å². The van der Waals surface area contributed by atoms with Crippen LogP contribution >= 0.6 is 0 Å². The highest BCUT2D eigenvalue weighted by atomic mass is 19.1. The van der Waals surface area contributed by atoms with E-state index < -0.39 is 11.8 Å². The average molecular weight is 279 g/mol. The summed E-state index contributed by atoms with van der Waals surface area (Å²) in [7, 11) is 1.68. The Bertz CT molecular complexity index is 525. The second kappa shape index (κ2) is 5.90. The fraction of sp³-hybridized carbons (Fsp3) is 0.429. The summed E-state index contributed by atoms with van der Waals surface area (Å²) in [5.41, 5.74) is 0.805. The van der Waals surface area contributed by atoms with Crippen molar-refractivity contribution in [1.82, 2.24) is 4.90 Å². The zero-order valence-electron chi connectivity index (χ0n) is 11.3. The predicted molar refractivity (Wildman–Crippen MR) is 74.7 cm³/mol. The third-order valence-corrected chi connectivity index (χ3v) is 3.68. The number of carbonyl (C=O) groups is 1. The molecule has 0 aliphatic carbocycles. The number of amidine groups is 1. The van der Waals surface area contributed by atoms with Crippen molar-refractivity contribution in [1.29, 1.82) is 5.41 Å². The molecule has 1 aliphatic rings. The fourth-order valence-electron chi connectivity index (χ4n) is 2.48. The molecule has 3 N–H and O–H groups in total. The van der Waals surface area contributed by atoms with Gasteiger partial charge in [0, 0.05) is 25.8 Å². The number of halogens is 1. The molecule has 0 bridgehead atoms. The number of likely N-dealkylation sites (tertiary alicyclic amines) is 1. The standard InChI is InChI=1S/C14H18FN3O2/c1-17-11-4-2-3-10(15)12(11)13(16)18-7-5-9(6-8-18)14(19)20/h2-4,9,16-17H,5-8H2,1H3,(H,19,20). The Hall–Kier alpha value is -2.11. The van der Waals surface area contributed by atoms with E-state index in [4.69, 9.17) is 10.5 Å². The summed E-state index contributed by atoms with van der Waals surface area (Å²) in [6.45, 7) is 0.931. The Morgan fingerprint density at radius 3 is 2.65 bits per heavy atom. The number of carboxylic acids is 1. The number of piperidine rings is 1. The highest BCUT2D eigenvalue weighted by Gasteiger charge is 2.27. The Morgan fingerprint density at radius 1 is 1.45 bits per heavy atom. The number of nitrogens with one attached hydrogen (secondary N) is 2. The molecule has 0 saturated carbocycles. The predicted octanol–water partition coefficient (Wildman–Crippen LogP) is 1.99. The Labute approximate surface area is 116 Å². The first-order chi connectivity index (χ1) is 9.54. The van der Waals surface area contributed by atoms with Gasteiger partial charge in [-0.3, -0.25) is 10.2 Å². The van der Waals surface area contributed by atoms with Crippen LogP contribution in [0.2, 0.25) is 0 Å². The van der Waals surface area contributed by atoms with E-state index in [2.05, 4.69) is 5.32 Å². The van der Waals surface area contributed by atoms with Gasteiger partial charge < -0.3 is 15.3 Å². The molecule has 0 spiro atoms. The molecule has 0 atom stereocenters. The van der Waals surface area contributed by atoms with Crippen LogP contribution < -0.4 is 5.32 Å². The molecule has 1 fully saturated rings. The van der Waals surface area contributed by atoms with Gasteiger partial charge in [0.1, 0.15) is 11.7 Å². The monoisotopic (exact) mass is 279 g/mol. The van der Waals surface area contributed by atoms with Crippen LogP contribution in [0.1, 0.15) is 18.4 Å². The van der Waals surface area contributed by atoms with E-state index in [1.165, 1.54) is 6.07 Å². The van der Waals surface area contributed by atoms with Crippen molar-refractivity contribution < 1.29 is 14.3 Å². The molecular weight excluding hydrogens is 261 g/mol. The molecule has 20 heavy (non-hydrogen) atoms. The number of nitrogens with zero attached hydrogens (tertiary/aromatic N) is 1. The van der Waals surface area contributed by atoms with Crippen LogP contribution in [0.25, 0.3) is 0 Å². The molecule has 1 saturated heterocycles. The number of carboxylic acid groups (broad SMARTS) is 1. The third kappa shape index (κ3) is 2.74. The van der Waals surface area contributed by atoms with Crippen LogP contribution in [-0.4, -0.2) is 41.9 Å². The maximum atomic E-state index is 13.9. The molecule has 1 aliphatic heterocycles. The van der Waals surface area contributed by atoms with Crippen LogP contribution in [0.5, 0.6) is 0 Å². The van der Waals surface area contributed by atoms with E-state index in [0.717, 1.165) is 0 Å². The fourth-order valence-corrected chi connectivity index (χ4v) is 2.48. The van der Waals surface area contributed by atoms with Gasteiger partial charge in [-0.1, -0.05) is 6.07 Å². The number of benzene rings is 1. The lowest BCUT2D eigenvalue weighted by Crippen LogP contribution is -2.40. The second-order valence-corrected chi connectivity index (χ2v) is 4.86. The first-order valence-electron chi connectivity index (χ1n) is 6.57. The smallest absolute Gasteiger partial charge is 0.306 e. The van der Waals surface area contributed by atoms with Crippen molar-refractivity contribution in [3.8, 4) is 0 Å². The summed E-state index contributed by atoms with van der Waals surface area (Å²) in [4.78, 5) is 12.6. The van der Waals surface area contributed by atoms with Gasteiger partial charge in [-0.2, -0.15) is 0 Å². The van der Waals surface area contributed by atoms with Gasteiger partial charge in [-0.25, -0.2) is 4.39 Å². The van der Waals surface area contributed by atoms with Crippen molar-refractivity contribution in [3.05, 3.63) is 29.6 Å². The minimum atomic E-state index is -0.794. The number of anilines is 1. The van der Waals surface area contributed by atoms with Gasteiger partial charge in [0.2, 0.25) is 0 Å². The highest BCUT2D eigenvalue weighted by molar-refractivity contribution is 6.01.